The van der Waals surface area contributed by atoms with Gasteiger partial charge in [-0.15, -0.1) is 11.8 Å². The van der Waals surface area contributed by atoms with E-state index in [1.165, 1.54) is 11.8 Å². The first-order valence-corrected chi connectivity index (χ1v) is 6.61. The van der Waals surface area contributed by atoms with Gasteiger partial charge in [-0.1, -0.05) is 12.2 Å². The molecular weight excluding hydrogens is 224 g/mol. The fourth-order valence-electron chi connectivity index (χ4n) is 1.72. The molecule has 16 heavy (non-hydrogen) atoms. The van der Waals surface area contributed by atoms with Crippen molar-refractivity contribution in [3.8, 4) is 0 Å². The maximum atomic E-state index is 12.0. The van der Waals surface area contributed by atoms with Gasteiger partial charge in [-0.3, -0.25) is 9.59 Å². The third-order valence-electron chi connectivity index (χ3n) is 2.59. The van der Waals surface area contributed by atoms with Gasteiger partial charge in [0.1, 0.15) is 0 Å². The van der Waals surface area contributed by atoms with E-state index >= 15 is 0 Å². The molecule has 0 aromatic heterocycles. The SMILES string of the molecule is CC=CCC1(C(=O)OCC)SCCCC1=O. The molecule has 0 saturated carbocycles. The Morgan fingerprint density at radius 3 is 2.94 bits per heavy atom. The summed E-state index contributed by atoms with van der Waals surface area (Å²) in [5.41, 5.74) is 0. The molecule has 0 radical (unpaired) electrons. The largest absolute Gasteiger partial charge is 0.465 e. The smallest absolute Gasteiger partial charge is 0.330 e. The Morgan fingerprint density at radius 1 is 1.62 bits per heavy atom. The van der Waals surface area contributed by atoms with E-state index in [2.05, 4.69) is 0 Å². The summed E-state index contributed by atoms with van der Waals surface area (Å²) >= 11 is 1.43. The van der Waals surface area contributed by atoms with E-state index in [1.54, 1.807) is 6.92 Å². The molecule has 1 saturated heterocycles. The summed E-state index contributed by atoms with van der Waals surface area (Å²) in [5.74, 6) is 0.491. The van der Waals surface area contributed by atoms with Crippen molar-refractivity contribution in [1.29, 1.82) is 0 Å². The number of hydrogen-bond acceptors (Lipinski definition) is 4. The number of carbonyl (C=O) groups excluding carboxylic acids is 2. The quantitative estimate of drug-likeness (QED) is 0.431. The normalized spacial score (nSPS) is 26.0. The van der Waals surface area contributed by atoms with E-state index in [4.69, 9.17) is 4.74 Å². The van der Waals surface area contributed by atoms with Gasteiger partial charge in [0.15, 0.2) is 10.5 Å². The van der Waals surface area contributed by atoms with Crippen molar-refractivity contribution in [1.82, 2.24) is 0 Å². The van der Waals surface area contributed by atoms with Crippen LogP contribution in [0.3, 0.4) is 0 Å². The molecule has 0 amide bonds. The first kappa shape index (κ1) is 13.3. The average molecular weight is 242 g/mol. The Kier molecular flexibility index (Phi) is 5.06. The van der Waals surface area contributed by atoms with Crippen molar-refractivity contribution < 1.29 is 14.3 Å². The van der Waals surface area contributed by atoms with Gasteiger partial charge in [0, 0.05) is 6.42 Å². The zero-order valence-corrected chi connectivity index (χ0v) is 10.6. The van der Waals surface area contributed by atoms with Gasteiger partial charge in [0.25, 0.3) is 0 Å². The van der Waals surface area contributed by atoms with Crippen molar-refractivity contribution in [2.45, 2.75) is 37.9 Å². The Hall–Kier alpha value is -0.770. The summed E-state index contributed by atoms with van der Waals surface area (Å²) in [6.07, 6.45) is 5.53. The summed E-state index contributed by atoms with van der Waals surface area (Å²) in [6, 6.07) is 0. The van der Waals surface area contributed by atoms with Crippen LogP contribution >= 0.6 is 11.8 Å². The number of carbonyl (C=O) groups is 2. The Bertz CT molecular complexity index is 299. The van der Waals surface area contributed by atoms with Crippen LogP contribution in [0.1, 0.15) is 33.1 Å². The number of hydrogen-bond donors (Lipinski definition) is 0. The van der Waals surface area contributed by atoms with Crippen LogP contribution in [-0.2, 0) is 14.3 Å². The van der Waals surface area contributed by atoms with E-state index in [0.717, 1.165) is 12.2 Å². The van der Waals surface area contributed by atoms with E-state index < -0.39 is 4.75 Å². The molecule has 1 heterocycles. The number of esters is 1. The van der Waals surface area contributed by atoms with Crippen molar-refractivity contribution in [2.75, 3.05) is 12.4 Å². The number of ketones is 1. The highest BCUT2D eigenvalue weighted by Crippen LogP contribution is 2.38. The fraction of sp³-hybridized carbons (Fsp3) is 0.667. The Labute approximate surface area is 101 Å². The van der Waals surface area contributed by atoms with E-state index in [0.29, 0.717) is 19.4 Å². The molecule has 0 bridgehead atoms. The first-order chi connectivity index (χ1) is 7.67. The second-order valence-corrected chi connectivity index (χ2v) is 5.09. The average Bonchev–Trinajstić information content (AvgIpc) is 2.28. The lowest BCUT2D eigenvalue weighted by Gasteiger charge is -2.31. The second-order valence-electron chi connectivity index (χ2n) is 3.70. The predicted octanol–water partition coefficient (Wildman–Crippen LogP) is 2.35. The Balaban J connectivity index is 2.89. The summed E-state index contributed by atoms with van der Waals surface area (Å²) in [4.78, 5) is 23.9. The second kappa shape index (κ2) is 6.09. The molecular formula is C12H18O3S. The molecule has 0 aromatic rings. The van der Waals surface area contributed by atoms with Crippen LogP contribution in [0.25, 0.3) is 0 Å². The summed E-state index contributed by atoms with van der Waals surface area (Å²) in [5, 5.41) is 0. The molecule has 1 rings (SSSR count). The van der Waals surface area contributed by atoms with Gasteiger partial charge >= 0.3 is 5.97 Å². The zero-order chi connectivity index (χ0) is 12.0. The van der Waals surface area contributed by atoms with Gasteiger partial charge in [-0.05, 0) is 32.4 Å². The minimum absolute atomic E-state index is 0.0142. The van der Waals surface area contributed by atoms with E-state index in [9.17, 15) is 9.59 Å². The first-order valence-electron chi connectivity index (χ1n) is 5.63. The molecule has 0 spiro atoms. The maximum Gasteiger partial charge on any atom is 0.330 e. The lowest BCUT2D eigenvalue weighted by molar-refractivity contribution is -0.149. The van der Waals surface area contributed by atoms with Crippen LogP contribution in [0, 0.1) is 0 Å². The van der Waals surface area contributed by atoms with Gasteiger partial charge in [0.05, 0.1) is 6.61 Å². The predicted molar refractivity (Wildman–Crippen MR) is 65.5 cm³/mol. The zero-order valence-electron chi connectivity index (χ0n) is 9.82. The Morgan fingerprint density at radius 2 is 2.38 bits per heavy atom. The van der Waals surface area contributed by atoms with Crippen molar-refractivity contribution in [3.63, 3.8) is 0 Å². The van der Waals surface area contributed by atoms with Gasteiger partial charge in [-0.25, -0.2) is 0 Å². The molecule has 90 valence electrons. The molecule has 1 aliphatic heterocycles. The molecule has 1 atom stereocenters. The molecule has 0 aromatic carbocycles. The molecule has 0 N–H and O–H groups in total. The van der Waals surface area contributed by atoms with Crippen molar-refractivity contribution in [3.05, 3.63) is 12.2 Å². The lowest BCUT2D eigenvalue weighted by Crippen LogP contribution is -2.46. The summed E-state index contributed by atoms with van der Waals surface area (Å²) in [7, 11) is 0. The van der Waals surface area contributed by atoms with Crippen LogP contribution in [0.15, 0.2) is 12.2 Å². The van der Waals surface area contributed by atoms with Gasteiger partial charge in [-0.2, -0.15) is 0 Å². The molecule has 0 aliphatic carbocycles. The van der Waals surface area contributed by atoms with Crippen LogP contribution in [-0.4, -0.2) is 28.9 Å². The highest BCUT2D eigenvalue weighted by Gasteiger charge is 2.47. The molecule has 1 fully saturated rings. The number of thioether (sulfide) groups is 1. The number of Topliss-reactive ketones (excluding diaryl/α,β-unsaturated/α-hetero) is 1. The number of ether oxygens (including phenoxy) is 1. The van der Waals surface area contributed by atoms with Gasteiger partial charge < -0.3 is 4.74 Å². The highest BCUT2D eigenvalue weighted by molar-refractivity contribution is 8.02. The van der Waals surface area contributed by atoms with Crippen LogP contribution < -0.4 is 0 Å². The molecule has 3 nitrogen and oxygen atoms in total. The monoisotopic (exact) mass is 242 g/mol. The molecule has 4 heteroatoms. The summed E-state index contributed by atoms with van der Waals surface area (Å²) < 4.78 is 4.07. The number of rotatable bonds is 4. The topological polar surface area (TPSA) is 43.4 Å². The maximum absolute atomic E-state index is 12.0. The van der Waals surface area contributed by atoms with Crippen molar-refractivity contribution >= 4 is 23.5 Å². The molecule has 1 unspecified atom stereocenters. The number of allylic oxidation sites excluding steroid dienone is 2. The lowest BCUT2D eigenvalue weighted by atomic mass is 9.95. The third-order valence-corrected chi connectivity index (χ3v) is 4.14. The van der Waals surface area contributed by atoms with E-state index in [-0.39, 0.29) is 11.8 Å². The van der Waals surface area contributed by atoms with Crippen LogP contribution in [0.5, 0.6) is 0 Å². The minimum Gasteiger partial charge on any atom is -0.465 e. The van der Waals surface area contributed by atoms with Gasteiger partial charge in [0.2, 0.25) is 0 Å². The minimum atomic E-state index is -0.971. The third kappa shape index (κ3) is 2.67. The highest BCUT2D eigenvalue weighted by atomic mass is 32.2. The standard InChI is InChI=1S/C12H18O3S/c1-3-5-8-12(11(14)15-4-2)10(13)7-6-9-16-12/h3,5H,4,6-9H2,1-2H3. The summed E-state index contributed by atoms with van der Waals surface area (Å²) in [6.45, 7) is 3.97. The van der Waals surface area contributed by atoms with Crippen LogP contribution in [0.4, 0.5) is 0 Å². The van der Waals surface area contributed by atoms with E-state index in [1.807, 2.05) is 19.1 Å². The fourth-order valence-corrected chi connectivity index (χ4v) is 3.01. The van der Waals surface area contributed by atoms with Crippen molar-refractivity contribution in [2.24, 2.45) is 0 Å². The van der Waals surface area contributed by atoms with Crippen LogP contribution in [0.2, 0.25) is 0 Å². The molecule has 1 aliphatic rings.